The van der Waals surface area contributed by atoms with Crippen molar-refractivity contribution in [2.24, 2.45) is 5.92 Å². The van der Waals surface area contributed by atoms with Gasteiger partial charge in [-0.1, -0.05) is 37.3 Å². The summed E-state index contributed by atoms with van der Waals surface area (Å²) in [6.07, 6.45) is 6.36. The molecule has 126 valence electrons. The lowest BCUT2D eigenvalue weighted by atomic mass is 9.91. The van der Waals surface area contributed by atoms with Crippen LogP contribution in [0.25, 0.3) is 0 Å². The number of rotatable bonds is 5. The molecule has 1 saturated heterocycles. The van der Waals surface area contributed by atoms with Crippen LogP contribution in [0.15, 0.2) is 48.8 Å². The van der Waals surface area contributed by atoms with E-state index in [1.54, 1.807) is 6.20 Å². The summed E-state index contributed by atoms with van der Waals surface area (Å²) in [6.45, 7) is 3.65. The third-order valence-electron chi connectivity index (χ3n) is 4.87. The Morgan fingerprint density at radius 1 is 1.29 bits per heavy atom. The highest BCUT2D eigenvalue weighted by Gasteiger charge is 2.31. The summed E-state index contributed by atoms with van der Waals surface area (Å²) in [4.78, 5) is 18.0. The Hall–Kier alpha value is -2.20. The molecule has 0 saturated carbocycles. The first-order valence-corrected chi connectivity index (χ1v) is 8.64. The van der Waals surface area contributed by atoms with E-state index in [1.807, 2.05) is 12.3 Å². The Morgan fingerprint density at radius 3 is 2.71 bits per heavy atom. The summed E-state index contributed by atoms with van der Waals surface area (Å²) in [5.41, 5.74) is 3.63. The van der Waals surface area contributed by atoms with Gasteiger partial charge >= 0.3 is 5.97 Å². The molecule has 3 rings (SSSR count). The minimum atomic E-state index is -0.689. The lowest BCUT2D eigenvalue weighted by molar-refractivity contribution is -0.143. The second kappa shape index (κ2) is 7.58. The molecule has 1 aliphatic heterocycles. The van der Waals surface area contributed by atoms with Gasteiger partial charge in [0.05, 0.1) is 12.0 Å². The van der Waals surface area contributed by atoms with E-state index in [1.165, 1.54) is 11.1 Å². The van der Waals surface area contributed by atoms with Crippen LogP contribution in [-0.4, -0.2) is 34.0 Å². The number of benzene rings is 1. The van der Waals surface area contributed by atoms with Gasteiger partial charge in [0.15, 0.2) is 0 Å². The minimum absolute atomic E-state index is 0.0618. The van der Waals surface area contributed by atoms with Crippen LogP contribution in [0.4, 0.5) is 0 Å². The number of pyridine rings is 1. The predicted molar refractivity (Wildman–Crippen MR) is 93.8 cm³/mol. The summed E-state index contributed by atoms with van der Waals surface area (Å²) in [5.74, 6) is -0.973. The highest BCUT2D eigenvalue weighted by Crippen LogP contribution is 2.32. The van der Waals surface area contributed by atoms with E-state index in [0.717, 1.165) is 31.4 Å². The molecule has 0 amide bonds. The lowest BCUT2D eigenvalue weighted by Gasteiger charge is -2.37. The standard InChI is InChI=1S/C20H24N2O2/c1-2-15-7-9-16(10-8-15)19(17-5-3-11-21-13-17)22-12-4-6-18(14-22)20(23)24/h3,5,7-11,13,18-19H,2,4,6,12,14H2,1H3,(H,23,24). The van der Waals surface area contributed by atoms with Gasteiger partial charge in [0.25, 0.3) is 0 Å². The van der Waals surface area contributed by atoms with Crippen LogP contribution in [0.2, 0.25) is 0 Å². The van der Waals surface area contributed by atoms with Gasteiger partial charge in [-0.05, 0) is 48.6 Å². The second-order valence-electron chi connectivity index (χ2n) is 6.46. The van der Waals surface area contributed by atoms with Gasteiger partial charge in [-0.2, -0.15) is 0 Å². The van der Waals surface area contributed by atoms with E-state index in [0.29, 0.717) is 6.54 Å². The molecule has 0 spiro atoms. The molecule has 2 unspecified atom stereocenters. The number of hydrogen-bond acceptors (Lipinski definition) is 3. The highest BCUT2D eigenvalue weighted by molar-refractivity contribution is 5.70. The summed E-state index contributed by atoms with van der Waals surface area (Å²) < 4.78 is 0. The van der Waals surface area contributed by atoms with Gasteiger partial charge < -0.3 is 5.11 Å². The number of nitrogens with zero attached hydrogens (tertiary/aromatic N) is 2. The molecular formula is C20H24N2O2. The Balaban J connectivity index is 1.94. The molecule has 4 heteroatoms. The third kappa shape index (κ3) is 3.65. The van der Waals surface area contributed by atoms with E-state index in [4.69, 9.17) is 0 Å². The van der Waals surface area contributed by atoms with E-state index in [-0.39, 0.29) is 12.0 Å². The number of aliphatic carboxylic acids is 1. The van der Waals surface area contributed by atoms with Crippen molar-refractivity contribution in [2.45, 2.75) is 32.2 Å². The summed E-state index contributed by atoms with van der Waals surface area (Å²) in [6, 6.07) is 12.7. The summed E-state index contributed by atoms with van der Waals surface area (Å²) in [5, 5.41) is 9.41. The molecule has 1 fully saturated rings. The maximum absolute atomic E-state index is 11.4. The zero-order valence-corrected chi connectivity index (χ0v) is 14.1. The third-order valence-corrected chi connectivity index (χ3v) is 4.87. The molecule has 24 heavy (non-hydrogen) atoms. The first kappa shape index (κ1) is 16.7. The molecule has 2 aromatic rings. The smallest absolute Gasteiger partial charge is 0.307 e. The van der Waals surface area contributed by atoms with Gasteiger partial charge in [0.2, 0.25) is 0 Å². The molecule has 0 bridgehead atoms. The fraction of sp³-hybridized carbons (Fsp3) is 0.400. The van der Waals surface area contributed by atoms with Crippen LogP contribution >= 0.6 is 0 Å². The molecule has 1 aromatic carbocycles. The van der Waals surface area contributed by atoms with Crippen LogP contribution in [0.1, 0.15) is 42.5 Å². The molecule has 4 nitrogen and oxygen atoms in total. The average Bonchev–Trinajstić information content (AvgIpc) is 2.64. The van der Waals surface area contributed by atoms with Crippen LogP contribution in [-0.2, 0) is 11.2 Å². The van der Waals surface area contributed by atoms with E-state index in [2.05, 4.69) is 47.1 Å². The first-order valence-electron chi connectivity index (χ1n) is 8.64. The van der Waals surface area contributed by atoms with E-state index >= 15 is 0 Å². The van der Waals surface area contributed by atoms with Gasteiger partial charge in [-0.15, -0.1) is 0 Å². The van der Waals surface area contributed by atoms with Gasteiger partial charge in [-0.25, -0.2) is 0 Å². The molecule has 2 atom stereocenters. The number of likely N-dealkylation sites (tertiary alicyclic amines) is 1. The van der Waals surface area contributed by atoms with Gasteiger partial charge in [0, 0.05) is 18.9 Å². The van der Waals surface area contributed by atoms with Crippen LogP contribution in [0.5, 0.6) is 0 Å². The van der Waals surface area contributed by atoms with Crippen molar-refractivity contribution in [3.05, 3.63) is 65.5 Å². The highest BCUT2D eigenvalue weighted by atomic mass is 16.4. The number of aromatic nitrogens is 1. The number of carboxylic acids is 1. The molecule has 2 heterocycles. The number of hydrogen-bond donors (Lipinski definition) is 1. The SMILES string of the molecule is CCc1ccc(C(c2cccnc2)N2CCCC(C(=O)O)C2)cc1. The largest absolute Gasteiger partial charge is 0.481 e. The zero-order chi connectivity index (χ0) is 16.9. The van der Waals surface area contributed by atoms with E-state index in [9.17, 15) is 9.90 Å². The van der Waals surface area contributed by atoms with Crippen molar-refractivity contribution in [2.75, 3.05) is 13.1 Å². The maximum atomic E-state index is 11.4. The van der Waals surface area contributed by atoms with Crippen LogP contribution in [0, 0.1) is 5.92 Å². The predicted octanol–water partition coefficient (Wildman–Crippen LogP) is 3.53. The number of aryl methyl sites for hydroxylation is 1. The van der Waals surface area contributed by atoms with Crippen molar-refractivity contribution in [3.63, 3.8) is 0 Å². The summed E-state index contributed by atoms with van der Waals surface area (Å²) in [7, 11) is 0. The van der Waals surface area contributed by atoms with Crippen molar-refractivity contribution < 1.29 is 9.90 Å². The molecule has 0 aliphatic carbocycles. The normalized spacial score (nSPS) is 19.8. The monoisotopic (exact) mass is 324 g/mol. The van der Waals surface area contributed by atoms with Crippen LogP contribution < -0.4 is 0 Å². The first-order chi connectivity index (χ1) is 11.7. The topological polar surface area (TPSA) is 53.4 Å². The Kier molecular flexibility index (Phi) is 5.26. The second-order valence-corrected chi connectivity index (χ2v) is 6.46. The number of piperidine rings is 1. The van der Waals surface area contributed by atoms with Crippen LogP contribution in [0.3, 0.4) is 0 Å². The maximum Gasteiger partial charge on any atom is 0.307 e. The lowest BCUT2D eigenvalue weighted by Crippen LogP contribution is -2.41. The molecule has 1 N–H and O–H groups in total. The van der Waals surface area contributed by atoms with Gasteiger partial charge in [0.1, 0.15) is 0 Å². The Morgan fingerprint density at radius 2 is 2.08 bits per heavy atom. The Labute approximate surface area is 143 Å². The van der Waals surface area contributed by atoms with Crippen molar-refractivity contribution in [1.29, 1.82) is 0 Å². The average molecular weight is 324 g/mol. The van der Waals surface area contributed by atoms with Crippen molar-refractivity contribution in [1.82, 2.24) is 9.88 Å². The quantitative estimate of drug-likeness (QED) is 0.914. The molecule has 1 aromatic heterocycles. The number of carbonyl (C=O) groups is 1. The molecular weight excluding hydrogens is 300 g/mol. The fourth-order valence-electron chi connectivity index (χ4n) is 3.53. The summed E-state index contributed by atoms with van der Waals surface area (Å²) >= 11 is 0. The Bertz CT molecular complexity index is 670. The number of carboxylic acid groups (broad SMARTS) is 1. The molecule has 0 radical (unpaired) electrons. The minimum Gasteiger partial charge on any atom is -0.481 e. The van der Waals surface area contributed by atoms with Crippen molar-refractivity contribution >= 4 is 5.97 Å². The zero-order valence-electron chi connectivity index (χ0n) is 14.1. The van der Waals surface area contributed by atoms with Gasteiger partial charge in [-0.3, -0.25) is 14.7 Å². The van der Waals surface area contributed by atoms with Crippen molar-refractivity contribution in [3.8, 4) is 0 Å². The fourth-order valence-corrected chi connectivity index (χ4v) is 3.53. The van der Waals surface area contributed by atoms with E-state index < -0.39 is 5.97 Å². The molecule has 1 aliphatic rings.